The maximum Gasteiger partial charge on any atom is 0.266 e. The van der Waals surface area contributed by atoms with Crippen molar-refractivity contribution in [1.29, 1.82) is 0 Å². The van der Waals surface area contributed by atoms with Gasteiger partial charge in [0, 0.05) is 27.2 Å². The van der Waals surface area contributed by atoms with Gasteiger partial charge >= 0.3 is 0 Å². The molecule has 0 radical (unpaired) electrons. The first kappa shape index (κ1) is 31.0. The van der Waals surface area contributed by atoms with Crippen LogP contribution in [-0.4, -0.2) is 34.7 Å². The fourth-order valence-electron chi connectivity index (χ4n) is 6.04. The summed E-state index contributed by atoms with van der Waals surface area (Å²) in [6.07, 6.45) is 16.0. The Bertz CT molecular complexity index is 1350. The number of aliphatic imine (C=N–C) groups is 1. The molecule has 2 saturated carbocycles. The topological polar surface area (TPSA) is 51.1 Å². The van der Waals surface area contributed by atoms with Crippen molar-refractivity contribution in [2.45, 2.75) is 96.2 Å². The summed E-state index contributed by atoms with van der Waals surface area (Å²) in [6.45, 7) is 6.66. The molecular weight excluding hydrogens is 587 g/mol. The van der Waals surface area contributed by atoms with Crippen molar-refractivity contribution in [3.63, 3.8) is 0 Å². The van der Waals surface area contributed by atoms with Crippen LogP contribution in [0.3, 0.4) is 0 Å². The van der Waals surface area contributed by atoms with Crippen LogP contribution >= 0.6 is 35.0 Å². The summed E-state index contributed by atoms with van der Waals surface area (Å²) in [4.78, 5) is 21.8. The SMILES string of the molecule is C=CCc1cc(C=C2SC(=NC3CCCCC3)N(C3CCCCC3)C2=O)cc(OCC)c1OCc1ccc(Cl)cc1Cl. The molecule has 0 spiro atoms. The molecule has 5 rings (SSSR count). The summed E-state index contributed by atoms with van der Waals surface area (Å²) in [7, 11) is 0. The normalized spacial score (nSPS) is 20.5. The highest BCUT2D eigenvalue weighted by Crippen LogP contribution is 2.41. The molecule has 3 aliphatic rings. The largest absolute Gasteiger partial charge is 0.490 e. The minimum atomic E-state index is 0.0717. The van der Waals surface area contributed by atoms with Crippen LogP contribution in [0.4, 0.5) is 0 Å². The Kier molecular flexibility index (Phi) is 11.0. The first-order valence-corrected chi connectivity index (χ1v) is 16.8. The van der Waals surface area contributed by atoms with Gasteiger partial charge in [-0.3, -0.25) is 14.7 Å². The van der Waals surface area contributed by atoms with Crippen molar-refractivity contribution < 1.29 is 14.3 Å². The molecule has 3 fully saturated rings. The Morgan fingerprint density at radius 1 is 1.00 bits per heavy atom. The van der Waals surface area contributed by atoms with Crippen LogP contribution < -0.4 is 9.47 Å². The smallest absolute Gasteiger partial charge is 0.266 e. The number of carbonyl (C=O) groups excluding carboxylic acids is 1. The second-order valence-electron chi connectivity index (χ2n) is 11.2. The fourth-order valence-corrected chi connectivity index (χ4v) is 7.62. The molecule has 5 nitrogen and oxygen atoms in total. The first-order valence-electron chi connectivity index (χ1n) is 15.2. The number of ether oxygens (including phenoxy) is 2. The Morgan fingerprint density at radius 2 is 1.74 bits per heavy atom. The molecule has 1 heterocycles. The van der Waals surface area contributed by atoms with Crippen molar-refractivity contribution in [3.8, 4) is 11.5 Å². The lowest BCUT2D eigenvalue weighted by Crippen LogP contribution is -2.41. The molecule has 1 amide bonds. The lowest BCUT2D eigenvalue weighted by Gasteiger charge is -2.31. The molecule has 1 aliphatic heterocycles. The Morgan fingerprint density at radius 3 is 2.43 bits per heavy atom. The number of benzene rings is 2. The minimum Gasteiger partial charge on any atom is -0.490 e. The molecule has 8 heteroatoms. The van der Waals surface area contributed by atoms with Crippen LogP contribution in [0, 0.1) is 0 Å². The summed E-state index contributed by atoms with van der Waals surface area (Å²) >= 11 is 14.0. The van der Waals surface area contributed by atoms with Crippen LogP contribution in [-0.2, 0) is 17.8 Å². The molecule has 0 unspecified atom stereocenters. The predicted octanol–water partition coefficient (Wildman–Crippen LogP) is 9.64. The zero-order valence-electron chi connectivity index (χ0n) is 24.4. The highest BCUT2D eigenvalue weighted by molar-refractivity contribution is 8.18. The van der Waals surface area contributed by atoms with Gasteiger partial charge < -0.3 is 9.47 Å². The molecule has 1 saturated heterocycles. The van der Waals surface area contributed by atoms with E-state index in [-0.39, 0.29) is 18.6 Å². The summed E-state index contributed by atoms with van der Waals surface area (Å²) < 4.78 is 12.4. The first-order chi connectivity index (χ1) is 20.5. The molecule has 2 aliphatic carbocycles. The molecule has 42 heavy (non-hydrogen) atoms. The number of hydrogen-bond donors (Lipinski definition) is 0. The Hall–Kier alpha value is -2.41. The van der Waals surface area contributed by atoms with Crippen LogP contribution in [0.1, 0.15) is 87.8 Å². The van der Waals surface area contributed by atoms with Gasteiger partial charge in [-0.2, -0.15) is 0 Å². The second-order valence-corrected chi connectivity index (χ2v) is 13.1. The van der Waals surface area contributed by atoms with E-state index < -0.39 is 0 Å². The maximum absolute atomic E-state index is 13.9. The third-order valence-corrected chi connectivity index (χ3v) is 9.73. The number of rotatable bonds is 10. The van der Waals surface area contributed by atoms with E-state index in [9.17, 15) is 4.79 Å². The van der Waals surface area contributed by atoms with Crippen LogP contribution in [0.25, 0.3) is 6.08 Å². The molecular formula is C34H40Cl2N2O3S. The van der Waals surface area contributed by atoms with E-state index >= 15 is 0 Å². The van der Waals surface area contributed by atoms with Crippen molar-refractivity contribution in [3.05, 3.63) is 74.6 Å². The maximum atomic E-state index is 13.9. The molecule has 2 aromatic rings. The van der Waals surface area contributed by atoms with Gasteiger partial charge in [0.2, 0.25) is 0 Å². The zero-order chi connectivity index (χ0) is 29.5. The molecule has 224 valence electrons. The van der Waals surface area contributed by atoms with Gasteiger partial charge in [0.15, 0.2) is 16.7 Å². The molecule has 0 N–H and O–H groups in total. The van der Waals surface area contributed by atoms with Crippen molar-refractivity contribution in [2.24, 2.45) is 4.99 Å². The van der Waals surface area contributed by atoms with E-state index in [1.54, 1.807) is 12.1 Å². The molecule has 0 atom stereocenters. The zero-order valence-corrected chi connectivity index (χ0v) is 26.7. The van der Waals surface area contributed by atoms with Crippen molar-refractivity contribution in [1.82, 2.24) is 4.90 Å². The van der Waals surface area contributed by atoms with Gasteiger partial charge in [-0.1, -0.05) is 73.9 Å². The number of nitrogens with zero attached hydrogens (tertiary/aromatic N) is 2. The number of carbonyl (C=O) groups is 1. The Labute approximate surface area is 264 Å². The van der Waals surface area contributed by atoms with E-state index in [0.29, 0.717) is 45.5 Å². The number of amides is 1. The predicted molar refractivity (Wildman–Crippen MR) is 176 cm³/mol. The lowest BCUT2D eigenvalue weighted by molar-refractivity contribution is -0.124. The monoisotopic (exact) mass is 626 g/mol. The second kappa shape index (κ2) is 14.9. The third-order valence-electron chi connectivity index (χ3n) is 8.15. The summed E-state index contributed by atoms with van der Waals surface area (Å²) in [6, 6.07) is 9.94. The van der Waals surface area contributed by atoms with Crippen LogP contribution in [0.5, 0.6) is 11.5 Å². The average molecular weight is 628 g/mol. The van der Waals surface area contributed by atoms with E-state index in [4.69, 9.17) is 37.7 Å². The van der Waals surface area contributed by atoms with Gasteiger partial charge in [0.1, 0.15) is 6.61 Å². The lowest BCUT2D eigenvalue weighted by atomic mass is 9.94. The van der Waals surface area contributed by atoms with Gasteiger partial charge in [-0.25, -0.2) is 0 Å². The standard InChI is InChI=1S/C34H40Cl2N2O3S/c1-3-11-24-18-23(19-30(40-4-2)32(24)41-22-25-16-17-26(35)21-29(25)36)20-31-33(39)38(28-14-9-6-10-15-28)34(42-31)37-27-12-7-5-8-13-27/h3,16-21,27-28H,1,4-15,22H2,2H3. The van der Waals surface area contributed by atoms with E-state index in [1.807, 2.05) is 36.1 Å². The highest BCUT2D eigenvalue weighted by Gasteiger charge is 2.39. The summed E-state index contributed by atoms with van der Waals surface area (Å²) in [5.74, 6) is 1.35. The Balaban J connectivity index is 1.46. The molecule has 0 bridgehead atoms. The highest BCUT2D eigenvalue weighted by atomic mass is 35.5. The van der Waals surface area contributed by atoms with Crippen molar-refractivity contribution in [2.75, 3.05) is 6.61 Å². The number of thioether (sulfide) groups is 1. The summed E-state index contributed by atoms with van der Waals surface area (Å²) in [5, 5.41) is 2.02. The van der Waals surface area contributed by atoms with Crippen LogP contribution in [0.15, 0.2) is 52.9 Å². The molecule has 2 aromatic carbocycles. The minimum absolute atomic E-state index is 0.0717. The van der Waals surface area contributed by atoms with Gasteiger partial charge in [-0.15, -0.1) is 6.58 Å². The van der Waals surface area contributed by atoms with Crippen LogP contribution in [0.2, 0.25) is 10.0 Å². The van der Waals surface area contributed by atoms with Gasteiger partial charge in [0.25, 0.3) is 5.91 Å². The van der Waals surface area contributed by atoms with Gasteiger partial charge in [-0.05, 0) is 86.7 Å². The quantitative estimate of drug-likeness (QED) is 0.194. The van der Waals surface area contributed by atoms with E-state index in [1.165, 1.54) is 50.3 Å². The van der Waals surface area contributed by atoms with Crippen molar-refractivity contribution >= 4 is 52.1 Å². The number of hydrogen-bond acceptors (Lipinski definition) is 5. The van der Waals surface area contributed by atoms with E-state index in [2.05, 4.69) is 12.6 Å². The number of halogens is 2. The molecule has 0 aromatic heterocycles. The van der Waals surface area contributed by atoms with E-state index in [0.717, 1.165) is 47.5 Å². The number of allylic oxidation sites excluding steroid dienone is 1. The fraction of sp³-hybridized carbons (Fsp3) is 0.471. The third kappa shape index (κ3) is 7.56. The summed E-state index contributed by atoms with van der Waals surface area (Å²) in [5.41, 5.74) is 2.66. The average Bonchev–Trinajstić information content (AvgIpc) is 3.28. The number of amidine groups is 1. The van der Waals surface area contributed by atoms with Gasteiger partial charge in [0.05, 0.1) is 17.6 Å².